The first-order valence-corrected chi connectivity index (χ1v) is 9.82. The largest absolute Gasteiger partial charge is 0.507 e. The van der Waals surface area contributed by atoms with Crippen LogP contribution in [0.15, 0.2) is 30.3 Å². The van der Waals surface area contributed by atoms with Crippen LogP contribution < -0.4 is 4.74 Å². The van der Waals surface area contributed by atoms with Gasteiger partial charge in [0.25, 0.3) is 0 Å². The molecule has 1 aromatic heterocycles. The zero-order chi connectivity index (χ0) is 21.1. The van der Waals surface area contributed by atoms with Gasteiger partial charge in [-0.2, -0.15) is 0 Å². The van der Waals surface area contributed by atoms with Crippen LogP contribution in [0, 0.1) is 5.92 Å². The average Bonchev–Trinajstić information content (AvgIpc) is 3.14. The second kappa shape index (κ2) is 8.51. The van der Waals surface area contributed by atoms with Gasteiger partial charge >= 0.3 is 0 Å². The molecule has 0 fully saturated rings. The molecule has 3 rings (SSSR count). The summed E-state index contributed by atoms with van der Waals surface area (Å²) in [6.45, 7) is 9.12. The van der Waals surface area contributed by atoms with Crippen molar-refractivity contribution in [2.75, 3.05) is 7.11 Å². The summed E-state index contributed by atoms with van der Waals surface area (Å²) < 4.78 is 7.20. The van der Waals surface area contributed by atoms with Crippen molar-refractivity contribution < 1.29 is 14.9 Å². The highest BCUT2D eigenvalue weighted by Crippen LogP contribution is 2.43. The summed E-state index contributed by atoms with van der Waals surface area (Å²) in [4.78, 5) is 0. The molecule has 1 heterocycles. The number of aromatic nitrogens is 4. The van der Waals surface area contributed by atoms with Gasteiger partial charge in [-0.25, -0.2) is 4.68 Å². The predicted octanol–water partition coefficient (Wildman–Crippen LogP) is 4.60. The molecule has 0 saturated carbocycles. The van der Waals surface area contributed by atoms with Crippen molar-refractivity contribution in [3.05, 3.63) is 35.9 Å². The Labute approximate surface area is 171 Å². The van der Waals surface area contributed by atoms with E-state index in [1.165, 1.54) is 6.07 Å². The number of nitrogens with zero attached hydrogens (tertiary/aromatic N) is 4. The number of rotatable bonds is 7. The normalized spacial score (nSPS) is 11.4. The molecule has 0 aliphatic heterocycles. The summed E-state index contributed by atoms with van der Waals surface area (Å²) in [6.07, 6.45) is 0.911. The zero-order valence-electron chi connectivity index (χ0n) is 17.5. The molecule has 7 nitrogen and oxygen atoms in total. The Bertz CT molecular complexity index is 996. The summed E-state index contributed by atoms with van der Waals surface area (Å²) >= 11 is 0. The van der Waals surface area contributed by atoms with Crippen LogP contribution in [0.2, 0.25) is 0 Å². The van der Waals surface area contributed by atoms with Crippen molar-refractivity contribution in [1.29, 1.82) is 0 Å². The van der Waals surface area contributed by atoms with E-state index in [9.17, 15) is 10.2 Å². The molecule has 29 heavy (non-hydrogen) atoms. The lowest BCUT2D eigenvalue weighted by Gasteiger charge is -2.16. The summed E-state index contributed by atoms with van der Waals surface area (Å²) in [5.41, 5.74) is 2.88. The molecule has 0 radical (unpaired) electrons. The van der Waals surface area contributed by atoms with E-state index in [0.717, 1.165) is 17.5 Å². The van der Waals surface area contributed by atoms with Crippen LogP contribution in [0.4, 0.5) is 0 Å². The molecule has 3 aromatic rings. The van der Waals surface area contributed by atoms with Crippen LogP contribution in [-0.2, 0) is 6.54 Å². The molecule has 0 bridgehead atoms. The first-order chi connectivity index (χ1) is 13.8. The average molecular weight is 396 g/mol. The number of tetrazole rings is 1. The fourth-order valence-corrected chi connectivity index (χ4v) is 3.20. The summed E-state index contributed by atoms with van der Waals surface area (Å²) in [5.74, 6) is 1.81. The molecule has 0 aliphatic rings. The number of hydrogen-bond donors (Lipinski definition) is 2. The summed E-state index contributed by atoms with van der Waals surface area (Å²) in [5, 5.41) is 33.0. The second-order valence-corrected chi connectivity index (χ2v) is 7.91. The van der Waals surface area contributed by atoms with Gasteiger partial charge in [0.1, 0.15) is 17.2 Å². The third kappa shape index (κ3) is 4.34. The highest BCUT2D eigenvalue weighted by Gasteiger charge is 2.20. The van der Waals surface area contributed by atoms with Crippen molar-refractivity contribution in [1.82, 2.24) is 20.2 Å². The molecule has 0 unspecified atom stereocenters. The zero-order valence-corrected chi connectivity index (χ0v) is 17.5. The van der Waals surface area contributed by atoms with E-state index < -0.39 is 0 Å². The Hall–Kier alpha value is -3.09. The fourth-order valence-electron chi connectivity index (χ4n) is 3.20. The Kier molecular flexibility index (Phi) is 6.06. The van der Waals surface area contributed by atoms with Crippen LogP contribution in [0.5, 0.6) is 17.2 Å². The Balaban J connectivity index is 2.13. The summed E-state index contributed by atoms with van der Waals surface area (Å²) in [7, 11) is 1.60. The van der Waals surface area contributed by atoms with E-state index in [2.05, 4.69) is 43.2 Å². The molecule has 2 N–H and O–H groups in total. The molecule has 0 spiro atoms. The maximum atomic E-state index is 10.6. The number of aryl methyl sites for hydroxylation is 1. The number of phenolic OH excluding ortho intramolecular Hbond substituents is 2. The Morgan fingerprint density at radius 2 is 1.69 bits per heavy atom. The summed E-state index contributed by atoms with van der Waals surface area (Å²) in [6, 6.07) is 8.94. The van der Waals surface area contributed by atoms with E-state index in [1.807, 2.05) is 18.2 Å². The minimum Gasteiger partial charge on any atom is -0.507 e. The van der Waals surface area contributed by atoms with Crippen molar-refractivity contribution in [2.24, 2.45) is 5.92 Å². The predicted molar refractivity (Wildman–Crippen MR) is 112 cm³/mol. The molecule has 0 atom stereocenters. The first kappa shape index (κ1) is 20.6. The second-order valence-electron chi connectivity index (χ2n) is 7.91. The number of ether oxygens (including phenoxy) is 1. The van der Waals surface area contributed by atoms with Crippen LogP contribution in [0.1, 0.15) is 45.6 Å². The van der Waals surface area contributed by atoms with Gasteiger partial charge in [-0.15, -0.1) is 5.10 Å². The third-order valence-corrected chi connectivity index (χ3v) is 4.99. The van der Waals surface area contributed by atoms with Crippen LogP contribution in [-0.4, -0.2) is 37.5 Å². The van der Waals surface area contributed by atoms with Crippen molar-refractivity contribution in [3.63, 3.8) is 0 Å². The number of benzene rings is 2. The van der Waals surface area contributed by atoms with E-state index in [1.54, 1.807) is 17.9 Å². The standard InChI is InChI=1S/C22H28N4O3/c1-13(2)8-9-26-22(23-24-25-26)18-11-16(19(27)12-20(18)28)17-10-15(14(3)4)6-7-21(17)29-5/h6-7,10-14,27-28H,8-9H2,1-5H3. The molecular weight excluding hydrogens is 368 g/mol. The fraction of sp³-hybridized carbons (Fsp3) is 0.409. The molecular formula is C22H28N4O3. The van der Waals surface area contributed by atoms with Crippen LogP contribution >= 0.6 is 0 Å². The topological polar surface area (TPSA) is 93.3 Å². The molecule has 0 aliphatic carbocycles. The molecule has 7 heteroatoms. The SMILES string of the molecule is COc1ccc(C(C)C)cc1-c1cc(-c2nnnn2CCC(C)C)c(O)cc1O. The lowest BCUT2D eigenvalue weighted by atomic mass is 9.94. The van der Waals surface area contributed by atoms with Gasteiger partial charge in [-0.05, 0) is 52.4 Å². The Morgan fingerprint density at radius 1 is 0.966 bits per heavy atom. The van der Waals surface area contributed by atoms with E-state index in [4.69, 9.17) is 4.74 Å². The molecule has 2 aromatic carbocycles. The van der Waals surface area contributed by atoms with Crippen molar-refractivity contribution >= 4 is 0 Å². The maximum absolute atomic E-state index is 10.6. The van der Waals surface area contributed by atoms with Gasteiger partial charge in [0, 0.05) is 23.7 Å². The van der Waals surface area contributed by atoms with Gasteiger partial charge in [-0.1, -0.05) is 33.8 Å². The van der Waals surface area contributed by atoms with Crippen molar-refractivity contribution in [2.45, 2.75) is 46.6 Å². The maximum Gasteiger partial charge on any atom is 0.185 e. The van der Waals surface area contributed by atoms with Gasteiger partial charge in [0.15, 0.2) is 5.82 Å². The third-order valence-electron chi connectivity index (χ3n) is 4.99. The van der Waals surface area contributed by atoms with Gasteiger partial charge in [0.05, 0.1) is 12.7 Å². The van der Waals surface area contributed by atoms with Crippen LogP contribution in [0.3, 0.4) is 0 Å². The molecule has 0 saturated heterocycles. The highest BCUT2D eigenvalue weighted by molar-refractivity contribution is 5.82. The lowest BCUT2D eigenvalue weighted by molar-refractivity contribution is 0.415. The highest BCUT2D eigenvalue weighted by atomic mass is 16.5. The number of aromatic hydroxyl groups is 2. The lowest BCUT2D eigenvalue weighted by Crippen LogP contribution is -2.06. The quantitative estimate of drug-likeness (QED) is 0.606. The van der Waals surface area contributed by atoms with Gasteiger partial charge in [0.2, 0.25) is 0 Å². The first-order valence-electron chi connectivity index (χ1n) is 9.82. The number of phenols is 2. The monoisotopic (exact) mass is 396 g/mol. The van der Waals surface area contributed by atoms with E-state index >= 15 is 0 Å². The Morgan fingerprint density at radius 3 is 2.34 bits per heavy atom. The smallest absolute Gasteiger partial charge is 0.185 e. The minimum absolute atomic E-state index is 0.0355. The number of hydrogen-bond acceptors (Lipinski definition) is 6. The van der Waals surface area contributed by atoms with Gasteiger partial charge < -0.3 is 14.9 Å². The minimum atomic E-state index is -0.0779. The number of methoxy groups -OCH3 is 1. The van der Waals surface area contributed by atoms with E-state index in [-0.39, 0.29) is 11.5 Å². The molecule has 154 valence electrons. The van der Waals surface area contributed by atoms with E-state index in [0.29, 0.717) is 41.1 Å². The van der Waals surface area contributed by atoms with Crippen molar-refractivity contribution in [3.8, 4) is 39.8 Å². The molecule has 0 amide bonds. The van der Waals surface area contributed by atoms with Gasteiger partial charge in [-0.3, -0.25) is 0 Å². The van der Waals surface area contributed by atoms with Crippen LogP contribution in [0.25, 0.3) is 22.5 Å².